The van der Waals surface area contributed by atoms with E-state index in [2.05, 4.69) is 19.0 Å². The Morgan fingerprint density at radius 1 is 1.29 bits per heavy atom. The molecule has 21 heavy (non-hydrogen) atoms. The van der Waals surface area contributed by atoms with Gasteiger partial charge in [0.25, 0.3) is 0 Å². The Bertz CT molecular complexity index is 513. The number of nitrogens with zero attached hydrogens (tertiary/aromatic N) is 1. The second kappa shape index (κ2) is 5.45. The van der Waals surface area contributed by atoms with E-state index in [-0.39, 0.29) is 11.7 Å². The van der Waals surface area contributed by atoms with Gasteiger partial charge in [0.05, 0.1) is 5.60 Å². The summed E-state index contributed by atoms with van der Waals surface area (Å²) in [7, 11) is 4.10. The molecule has 1 unspecified atom stereocenters. The van der Waals surface area contributed by atoms with Gasteiger partial charge in [-0.15, -0.1) is 0 Å². The first-order valence-corrected chi connectivity index (χ1v) is 8.13. The van der Waals surface area contributed by atoms with Crippen LogP contribution in [0.4, 0.5) is 0 Å². The van der Waals surface area contributed by atoms with Gasteiger partial charge in [0.1, 0.15) is 5.75 Å². The van der Waals surface area contributed by atoms with Crippen LogP contribution < -0.4 is 0 Å². The first-order chi connectivity index (χ1) is 9.88. The molecule has 2 saturated carbocycles. The van der Waals surface area contributed by atoms with Gasteiger partial charge in [-0.2, -0.15) is 0 Å². The average molecular weight is 310 g/mol. The Hall–Kier alpha value is -0.770. The van der Waals surface area contributed by atoms with Crippen LogP contribution in [0, 0.1) is 17.8 Å². The highest BCUT2D eigenvalue weighted by Crippen LogP contribution is 2.54. The van der Waals surface area contributed by atoms with Crippen molar-refractivity contribution >= 4 is 11.6 Å². The van der Waals surface area contributed by atoms with Crippen LogP contribution in [0.15, 0.2) is 18.2 Å². The third-order valence-electron chi connectivity index (χ3n) is 5.31. The minimum absolute atomic E-state index is 0.132. The van der Waals surface area contributed by atoms with Crippen molar-refractivity contribution in [2.75, 3.05) is 20.6 Å². The van der Waals surface area contributed by atoms with Crippen LogP contribution in [0.3, 0.4) is 0 Å². The molecule has 1 aromatic carbocycles. The molecule has 0 aliphatic heterocycles. The Labute approximate surface area is 131 Å². The van der Waals surface area contributed by atoms with Crippen LogP contribution in [0.1, 0.15) is 31.2 Å². The van der Waals surface area contributed by atoms with Gasteiger partial charge in [-0.25, -0.2) is 0 Å². The van der Waals surface area contributed by atoms with Crippen molar-refractivity contribution in [3.05, 3.63) is 28.8 Å². The van der Waals surface area contributed by atoms with Crippen LogP contribution in [0.2, 0.25) is 5.02 Å². The van der Waals surface area contributed by atoms with Crippen molar-refractivity contribution in [3.63, 3.8) is 0 Å². The van der Waals surface area contributed by atoms with E-state index in [1.807, 2.05) is 6.07 Å². The monoisotopic (exact) mass is 309 g/mol. The Morgan fingerprint density at radius 2 is 2.05 bits per heavy atom. The second-order valence-corrected chi connectivity index (χ2v) is 7.57. The Morgan fingerprint density at radius 3 is 2.71 bits per heavy atom. The zero-order valence-corrected chi connectivity index (χ0v) is 13.5. The standard InChI is InChI=1S/C17H24ClNO2/c1-19(2)10-16-12-4-3-11(5-12)9-17(16,21)13-6-14(18)8-15(20)7-13/h6-8,11-12,16,20-21H,3-5,9-10H2,1-2H3/t11?,12-,16-,17-/m0/s1. The number of fused-ring (bicyclic) bond motifs is 2. The molecule has 2 fully saturated rings. The zero-order chi connectivity index (χ0) is 15.2. The van der Waals surface area contributed by atoms with E-state index in [9.17, 15) is 10.2 Å². The summed E-state index contributed by atoms with van der Waals surface area (Å²) in [6, 6.07) is 5.01. The van der Waals surface area contributed by atoms with Crippen molar-refractivity contribution < 1.29 is 10.2 Å². The highest BCUT2D eigenvalue weighted by molar-refractivity contribution is 6.30. The van der Waals surface area contributed by atoms with Crippen molar-refractivity contribution in [2.45, 2.75) is 31.3 Å². The maximum absolute atomic E-state index is 11.5. The summed E-state index contributed by atoms with van der Waals surface area (Å²) >= 11 is 6.09. The fraction of sp³-hybridized carbons (Fsp3) is 0.647. The number of phenols is 1. The molecule has 0 aromatic heterocycles. The van der Waals surface area contributed by atoms with Crippen LogP contribution in [-0.4, -0.2) is 35.8 Å². The van der Waals surface area contributed by atoms with Gasteiger partial charge in [0.15, 0.2) is 0 Å². The normalized spacial score (nSPS) is 35.4. The lowest BCUT2D eigenvalue weighted by atomic mass is 9.66. The molecule has 116 valence electrons. The maximum Gasteiger partial charge on any atom is 0.117 e. The first-order valence-electron chi connectivity index (χ1n) is 7.75. The number of benzene rings is 1. The third kappa shape index (κ3) is 2.79. The lowest BCUT2D eigenvalue weighted by molar-refractivity contribution is -0.0892. The van der Waals surface area contributed by atoms with Crippen molar-refractivity contribution in [3.8, 4) is 5.75 Å². The zero-order valence-electron chi connectivity index (χ0n) is 12.7. The lowest BCUT2D eigenvalue weighted by Crippen LogP contribution is -2.47. The SMILES string of the molecule is CN(C)C[C@H]1[C@H]2CCC(C2)C[C@]1(O)c1cc(O)cc(Cl)c1. The average Bonchev–Trinajstić information content (AvgIpc) is 2.77. The number of rotatable bonds is 3. The molecule has 0 saturated heterocycles. The van der Waals surface area contributed by atoms with Crippen LogP contribution >= 0.6 is 11.6 Å². The number of hydrogen-bond acceptors (Lipinski definition) is 3. The summed E-state index contributed by atoms with van der Waals surface area (Å²) in [5.74, 6) is 1.49. The Kier molecular flexibility index (Phi) is 3.93. The summed E-state index contributed by atoms with van der Waals surface area (Å²) < 4.78 is 0. The quantitative estimate of drug-likeness (QED) is 0.901. The fourth-order valence-electron chi connectivity index (χ4n) is 4.50. The predicted molar refractivity (Wildman–Crippen MR) is 84.5 cm³/mol. The number of aromatic hydroxyl groups is 1. The summed E-state index contributed by atoms with van der Waals surface area (Å²) in [5, 5.41) is 21.8. The van der Waals surface area contributed by atoms with E-state index in [4.69, 9.17) is 11.6 Å². The number of halogens is 1. The van der Waals surface area contributed by atoms with Gasteiger partial charge >= 0.3 is 0 Å². The summed E-state index contributed by atoms with van der Waals surface area (Å²) in [6.07, 6.45) is 4.43. The molecule has 2 bridgehead atoms. The number of hydrogen-bond donors (Lipinski definition) is 2. The Balaban J connectivity index is 2.02. The summed E-state index contributed by atoms with van der Waals surface area (Å²) in [5.41, 5.74) is -0.104. The van der Waals surface area contributed by atoms with Gasteiger partial charge < -0.3 is 15.1 Å². The van der Waals surface area contributed by atoms with Crippen LogP contribution in [0.25, 0.3) is 0 Å². The molecule has 1 aromatic rings. The van der Waals surface area contributed by atoms with Gasteiger partial charge in [0, 0.05) is 17.5 Å². The molecule has 4 heteroatoms. The van der Waals surface area contributed by atoms with Crippen molar-refractivity contribution in [1.82, 2.24) is 4.90 Å². The van der Waals surface area contributed by atoms with E-state index < -0.39 is 5.60 Å². The molecule has 3 rings (SSSR count). The van der Waals surface area contributed by atoms with Gasteiger partial charge in [-0.3, -0.25) is 0 Å². The van der Waals surface area contributed by atoms with Crippen LogP contribution in [0.5, 0.6) is 5.75 Å². The molecule has 2 N–H and O–H groups in total. The van der Waals surface area contributed by atoms with E-state index >= 15 is 0 Å². The largest absolute Gasteiger partial charge is 0.508 e. The van der Waals surface area contributed by atoms with Gasteiger partial charge in [-0.05, 0) is 69.0 Å². The molecule has 3 nitrogen and oxygen atoms in total. The van der Waals surface area contributed by atoms with Gasteiger partial charge in [0.2, 0.25) is 0 Å². The molecule has 0 heterocycles. The lowest BCUT2D eigenvalue weighted by Gasteiger charge is -2.45. The molecular weight excluding hydrogens is 286 g/mol. The summed E-state index contributed by atoms with van der Waals surface area (Å²) in [6.45, 7) is 0.862. The van der Waals surface area contributed by atoms with Crippen molar-refractivity contribution in [2.24, 2.45) is 17.8 Å². The number of phenolic OH excluding ortho intramolecular Hbond substituents is 1. The van der Waals surface area contributed by atoms with E-state index in [0.29, 0.717) is 16.9 Å². The smallest absolute Gasteiger partial charge is 0.117 e. The highest BCUT2D eigenvalue weighted by atomic mass is 35.5. The number of aliphatic hydroxyl groups is 1. The van der Waals surface area contributed by atoms with E-state index in [1.165, 1.54) is 25.3 Å². The molecule has 2 aliphatic rings. The minimum Gasteiger partial charge on any atom is -0.508 e. The third-order valence-corrected chi connectivity index (χ3v) is 5.53. The second-order valence-electron chi connectivity index (χ2n) is 7.13. The molecular formula is C17H24ClNO2. The predicted octanol–water partition coefficient (Wildman–Crippen LogP) is 3.23. The van der Waals surface area contributed by atoms with Crippen LogP contribution in [-0.2, 0) is 5.60 Å². The minimum atomic E-state index is -0.878. The topological polar surface area (TPSA) is 43.7 Å². The molecule has 4 atom stereocenters. The van der Waals surface area contributed by atoms with E-state index in [0.717, 1.165) is 18.5 Å². The first kappa shape index (κ1) is 15.1. The molecule has 2 aliphatic carbocycles. The fourth-order valence-corrected chi connectivity index (χ4v) is 4.72. The van der Waals surface area contributed by atoms with Gasteiger partial charge in [-0.1, -0.05) is 18.0 Å². The van der Waals surface area contributed by atoms with E-state index in [1.54, 1.807) is 6.07 Å². The molecule has 0 spiro atoms. The van der Waals surface area contributed by atoms with Crippen molar-refractivity contribution in [1.29, 1.82) is 0 Å². The molecule has 0 radical (unpaired) electrons. The maximum atomic E-state index is 11.5. The molecule has 0 amide bonds. The summed E-state index contributed by atoms with van der Waals surface area (Å²) in [4.78, 5) is 2.15. The highest BCUT2D eigenvalue weighted by Gasteiger charge is 2.51.